The molecule has 1 atom stereocenters. The molecule has 1 rings (SSSR count). The second-order valence-corrected chi connectivity index (χ2v) is 6.73. The van der Waals surface area contributed by atoms with Gasteiger partial charge in [0.15, 0.2) is 0 Å². The van der Waals surface area contributed by atoms with Gasteiger partial charge in [-0.3, -0.25) is 4.79 Å². The summed E-state index contributed by atoms with van der Waals surface area (Å²) in [6, 6.07) is 5.20. The molecule has 7 heteroatoms. The van der Waals surface area contributed by atoms with E-state index in [-0.39, 0.29) is 17.9 Å². The van der Waals surface area contributed by atoms with E-state index in [2.05, 4.69) is 4.72 Å². The zero-order chi connectivity index (χ0) is 16.0. The normalized spacial score (nSPS) is 13.3. The van der Waals surface area contributed by atoms with E-state index in [0.29, 0.717) is 5.92 Å². The number of carboxylic acids is 1. The van der Waals surface area contributed by atoms with Crippen molar-refractivity contribution in [3.05, 3.63) is 29.8 Å². The van der Waals surface area contributed by atoms with Crippen LogP contribution in [0.15, 0.2) is 29.2 Å². The molecule has 0 saturated heterocycles. The van der Waals surface area contributed by atoms with Gasteiger partial charge in [0.05, 0.1) is 4.90 Å². The molecule has 0 amide bonds. The summed E-state index contributed by atoms with van der Waals surface area (Å²) in [5.41, 5.74) is 1.02. The Bertz CT molecular complexity index is 566. The van der Waals surface area contributed by atoms with Crippen molar-refractivity contribution in [1.82, 2.24) is 4.72 Å². The van der Waals surface area contributed by atoms with Crippen molar-refractivity contribution in [2.45, 2.75) is 37.1 Å². The van der Waals surface area contributed by atoms with Crippen LogP contribution < -0.4 is 4.72 Å². The Morgan fingerprint density at radius 1 is 1.29 bits per heavy atom. The zero-order valence-corrected chi connectivity index (χ0v) is 13.2. The van der Waals surface area contributed by atoms with Gasteiger partial charge in [-0.25, -0.2) is 8.42 Å². The predicted octanol–water partition coefficient (Wildman–Crippen LogP) is 1.58. The molecule has 0 aliphatic rings. The number of benzene rings is 1. The third-order valence-electron chi connectivity index (χ3n) is 3.06. The van der Waals surface area contributed by atoms with Crippen LogP contribution in [0.4, 0.5) is 0 Å². The van der Waals surface area contributed by atoms with Crippen LogP contribution in [0.2, 0.25) is 0 Å². The van der Waals surface area contributed by atoms with E-state index in [4.69, 9.17) is 9.84 Å². The standard InChI is InChI=1S/C14H21NO5S/c1-10(2)11-4-6-12(7-5-11)21(18,19)15-13(14(16)17)8-9-20-3/h4-7,10,13,15H,8-9H2,1-3H3,(H,16,17). The Balaban J connectivity index is 2.91. The lowest BCUT2D eigenvalue weighted by Gasteiger charge is -2.15. The Morgan fingerprint density at radius 3 is 2.29 bits per heavy atom. The third-order valence-corrected chi connectivity index (χ3v) is 4.55. The quantitative estimate of drug-likeness (QED) is 0.760. The first kappa shape index (κ1) is 17.6. The van der Waals surface area contributed by atoms with Crippen LogP contribution in [-0.2, 0) is 19.6 Å². The molecule has 0 aromatic heterocycles. The van der Waals surface area contributed by atoms with Crippen molar-refractivity contribution in [2.75, 3.05) is 13.7 Å². The Labute approximate surface area is 125 Å². The number of carbonyl (C=O) groups is 1. The van der Waals surface area contributed by atoms with Crippen LogP contribution >= 0.6 is 0 Å². The van der Waals surface area contributed by atoms with Gasteiger partial charge in [0.1, 0.15) is 6.04 Å². The highest BCUT2D eigenvalue weighted by atomic mass is 32.2. The van der Waals surface area contributed by atoms with Gasteiger partial charge in [0.25, 0.3) is 0 Å². The fraction of sp³-hybridized carbons (Fsp3) is 0.500. The number of ether oxygens (including phenoxy) is 1. The minimum atomic E-state index is -3.86. The number of rotatable bonds is 8. The van der Waals surface area contributed by atoms with Gasteiger partial charge in [-0.05, 0) is 30.0 Å². The summed E-state index contributed by atoms with van der Waals surface area (Å²) in [5, 5.41) is 9.04. The maximum Gasteiger partial charge on any atom is 0.321 e. The molecular formula is C14H21NO5S. The number of nitrogens with one attached hydrogen (secondary N) is 1. The van der Waals surface area contributed by atoms with Crippen molar-refractivity contribution in [3.63, 3.8) is 0 Å². The molecule has 0 aliphatic heterocycles. The van der Waals surface area contributed by atoms with Crippen molar-refractivity contribution < 1.29 is 23.1 Å². The van der Waals surface area contributed by atoms with Crippen LogP contribution in [0, 0.1) is 0 Å². The molecular weight excluding hydrogens is 294 g/mol. The third kappa shape index (κ3) is 5.11. The molecule has 1 unspecified atom stereocenters. The van der Waals surface area contributed by atoms with Crippen molar-refractivity contribution in [2.24, 2.45) is 0 Å². The highest BCUT2D eigenvalue weighted by Crippen LogP contribution is 2.17. The molecule has 0 aliphatic carbocycles. The van der Waals surface area contributed by atoms with Crippen molar-refractivity contribution in [3.8, 4) is 0 Å². The van der Waals surface area contributed by atoms with Gasteiger partial charge in [-0.1, -0.05) is 26.0 Å². The Kier molecular flexibility index (Phi) is 6.32. The summed E-state index contributed by atoms with van der Waals surface area (Å²) in [6.07, 6.45) is 0.0646. The molecule has 0 fully saturated rings. The van der Waals surface area contributed by atoms with E-state index in [9.17, 15) is 13.2 Å². The van der Waals surface area contributed by atoms with E-state index in [1.165, 1.54) is 19.2 Å². The topological polar surface area (TPSA) is 92.7 Å². The van der Waals surface area contributed by atoms with Gasteiger partial charge in [0, 0.05) is 13.7 Å². The summed E-state index contributed by atoms with van der Waals surface area (Å²) >= 11 is 0. The molecule has 0 heterocycles. The zero-order valence-electron chi connectivity index (χ0n) is 12.4. The van der Waals surface area contributed by atoms with E-state index >= 15 is 0 Å². The van der Waals surface area contributed by atoms with Gasteiger partial charge >= 0.3 is 5.97 Å². The predicted molar refractivity (Wildman–Crippen MR) is 78.8 cm³/mol. The number of sulfonamides is 1. The first-order chi connectivity index (χ1) is 9.77. The molecule has 0 radical (unpaired) electrons. The molecule has 1 aromatic rings. The van der Waals surface area contributed by atoms with Crippen LogP contribution in [0.1, 0.15) is 31.7 Å². The van der Waals surface area contributed by atoms with Gasteiger partial charge in [-0.2, -0.15) is 4.72 Å². The molecule has 1 aromatic carbocycles. The maximum absolute atomic E-state index is 12.2. The summed E-state index contributed by atoms with van der Waals surface area (Å²) in [6.45, 7) is 4.17. The summed E-state index contributed by atoms with van der Waals surface area (Å²) in [4.78, 5) is 11.1. The second kappa shape index (κ2) is 7.53. The number of carboxylic acid groups (broad SMARTS) is 1. The lowest BCUT2D eigenvalue weighted by molar-refractivity contribution is -0.139. The Morgan fingerprint density at radius 2 is 1.86 bits per heavy atom. The van der Waals surface area contributed by atoms with Gasteiger partial charge in [-0.15, -0.1) is 0 Å². The number of aliphatic carboxylic acids is 1. The highest BCUT2D eigenvalue weighted by Gasteiger charge is 2.25. The number of hydrogen-bond donors (Lipinski definition) is 2. The van der Waals surface area contributed by atoms with Crippen molar-refractivity contribution in [1.29, 1.82) is 0 Å². The van der Waals surface area contributed by atoms with Crippen molar-refractivity contribution >= 4 is 16.0 Å². The first-order valence-corrected chi connectivity index (χ1v) is 8.10. The minimum Gasteiger partial charge on any atom is -0.480 e. The summed E-state index contributed by atoms with van der Waals surface area (Å²) in [5.74, 6) is -0.933. The van der Waals surface area contributed by atoms with Crippen LogP contribution in [0.25, 0.3) is 0 Å². The monoisotopic (exact) mass is 315 g/mol. The first-order valence-electron chi connectivity index (χ1n) is 6.62. The van der Waals surface area contributed by atoms with Crippen LogP contribution in [-0.4, -0.2) is 39.3 Å². The Hall–Kier alpha value is -1.44. The van der Waals surface area contributed by atoms with Gasteiger partial charge in [0.2, 0.25) is 10.0 Å². The average Bonchev–Trinajstić information content (AvgIpc) is 2.43. The van der Waals surface area contributed by atoms with E-state index < -0.39 is 22.0 Å². The van der Waals surface area contributed by atoms with E-state index in [1.54, 1.807) is 12.1 Å². The molecule has 6 nitrogen and oxygen atoms in total. The summed E-state index contributed by atoms with van der Waals surface area (Å²) < 4.78 is 31.3. The second-order valence-electron chi connectivity index (χ2n) is 5.02. The molecule has 118 valence electrons. The SMILES string of the molecule is COCCC(NS(=O)(=O)c1ccc(C(C)C)cc1)C(=O)O. The van der Waals surface area contributed by atoms with Gasteiger partial charge < -0.3 is 9.84 Å². The highest BCUT2D eigenvalue weighted by molar-refractivity contribution is 7.89. The maximum atomic E-state index is 12.2. The lowest BCUT2D eigenvalue weighted by atomic mass is 10.0. The van der Waals surface area contributed by atoms with Crippen LogP contribution in [0.3, 0.4) is 0 Å². The van der Waals surface area contributed by atoms with Crippen LogP contribution in [0.5, 0.6) is 0 Å². The molecule has 2 N–H and O–H groups in total. The number of methoxy groups -OCH3 is 1. The minimum absolute atomic E-state index is 0.0515. The molecule has 0 spiro atoms. The fourth-order valence-corrected chi connectivity index (χ4v) is 2.98. The summed E-state index contributed by atoms with van der Waals surface area (Å²) in [7, 11) is -2.44. The fourth-order valence-electron chi connectivity index (χ4n) is 1.76. The molecule has 21 heavy (non-hydrogen) atoms. The lowest BCUT2D eigenvalue weighted by Crippen LogP contribution is -2.41. The molecule has 0 saturated carbocycles. The smallest absolute Gasteiger partial charge is 0.321 e. The average molecular weight is 315 g/mol. The number of hydrogen-bond acceptors (Lipinski definition) is 4. The largest absolute Gasteiger partial charge is 0.480 e. The van der Waals surface area contributed by atoms with E-state index in [1.807, 2.05) is 13.8 Å². The van der Waals surface area contributed by atoms with E-state index in [0.717, 1.165) is 5.56 Å². The molecule has 0 bridgehead atoms.